The highest BCUT2D eigenvalue weighted by atomic mass is 16.6. The summed E-state index contributed by atoms with van der Waals surface area (Å²) in [5, 5.41) is 0. The summed E-state index contributed by atoms with van der Waals surface area (Å²) in [6.07, 6.45) is 63.1. The molecule has 374 valence electrons. The molecular weight excluding hydrogens is 793 g/mol. The number of hydrogen-bond acceptors (Lipinski definition) is 6. The zero-order chi connectivity index (χ0) is 46.5. The average Bonchev–Trinajstić information content (AvgIpc) is 3.29. The van der Waals surface area contributed by atoms with Crippen LogP contribution in [0.5, 0.6) is 0 Å². The van der Waals surface area contributed by atoms with Gasteiger partial charge in [0.05, 0.1) is 0 Å². The van der Waals surface area contributed by atoms with Gasteiger partial charge in [0.15, 0.2) is 6.10 Å². The van der Waals surface area contributed by atoms with Crippen LogP contribution < -0.4 is 0 Å². The third-order valence-corrected chi connectivity index (χ3v) is 12.4. The van der Waals surface area contributed by atoms with Crippen LogP contribution in [0.3, 0.4) is 0 Å². The fraction of sp³-hybridized carbons (Fsp3) is 0.845. The van der Waals surface area contributed by atoms with Crippen LogP contribution in [-0.4, -0.2) is 37.2 Å². The van der Waals surface area contributed by atoms with Crippen LogP contribution in [0.2, 0.25) is 0 Å². The Bertz CT molecular complexity index is 1080. The lowest BCUT2D eigenvalue weighted by Crippen LogP contribution is -2.30. The number of ether oxygens (including phenoxy) is 3. The molecule has 1 unspecified atom stereocenters. The van der Waals surface area contributed by atoms with Gasteiger partial charge in [-0.05, 0) is 57.8 Å². The molecule has 0 amide bonds. The number of carbonyl (C=O) groups is 3. The summed E-state index contributed by atoms with van der Waals surface area (Å²) in [5.41, 5.74) is 0. The number of rotatable bonds is 51. The molecular formula is C58H106O6. The number of allylic oxidation sites excluding steroid dienone is 6. The second-order valence-electron chi connectivity index (χ2n) is 18.9. The van der Waals surface area contributed by atoms with Gasteiger partial charge < -0.3 is 14.2 Å². The van der Waals surface area contributed by atoms with E-state index in [-0.39, 0.29) is 31.1 Å². The van der Waals surface area contributed by atoms with E-state index in [0.717, 1.165) is 70.6 Å². The zero-order valence-corrected chi connectivity index (χ0v) is 42.8. The van der Waals surface area contributed by atoms with E-state index in [2.05, 4.69) is 57.2 Å². The maximum absolute atomic E-state index is 12.7. The van der Waals surface area contributed by atoms with Crippen molar-refractivity contribution >= 4 is 17.9 Å². The summed E-state index contributed by atoms with van der Waals surface area (Å²) in [4.78, 5) is 37.8. The van der Waals surface area contributed by atoms with E-state index >= 15 is 0 Å². The molecule has 0 radical (unpaired) electrons. The van der Waals surface area contributed by atoms with Crippen LogP contribution in [-0.2, 0) is 28.6 Å². The van der Waals surface area contributed by atoms with E-state index in [4.69, 9.17) is 14.2 Å². The van der Waals surface area contributed by atoms with Gasteiger partial charge in [0, 0.05) is 19.3 Å². The molecule has 0 aliphatic carbocycles. The van der Waals surface area contributed by atoms with Crippen molar-refractivity contribution in [3.05, 3.63) is 36.5 Å². The van der Waals surface area contributed by atoms with Crippen molar-refractivity contribution in [1.82, 2.24) is 0 Å². The van der Waals surface area contributed by atoms with Gasteiger partial charge in [-0.15, -0.1) is 0 Å². The van der Waals surface area contributed by atoms with E-state index in [0.29, 0.717) is 19.3 Å². The quantitative estimate of drug-likeness (QED) is 0.0262. The fourth-order valence-corrected chi connectivity index (χ4v) is 8.16. The molecule has 0 fully saturated rings. The first-order valence-corrected chi connectivity index (χ1v) is 28.0. The zero-order valence-electron chi connectivity index (χ0n) is 42.8. The summed E-state index contributed by atoms with van der Waals surface area (Å²) in [6.45, 7) is 6.60. The molecule has 0 N–H and O–H groups in total. The van der Waals surface area contributed by atoms with Crippen molar-refractivity contribution in [2.45, 2.75) is 303 Å². The lowest BCUT2D eigenvalue weighted by molar-refractivity contribution is -0.167. The van der Waals surface area contributed by atoms with Crippen molar-refractivity contribution < 1.29 is 28.6 Å². The molecule has 6 heteroatoms. The number of carbonyl (C=O) groups excluding carboxylic acids is 3. The summed E-state index contributed by atoms with van der Waals surface area (Å²) < 4.78 is 16.7. The minimum atomic E-state index is -0.763. The van der Waals surface area contributed by atoms with Gasteiger partial charge in [0.25, 0.3) is 0 Å². The van der Waals surface area contributed by atoms with Gasteiger partial charge in [-0.1, -0.05) is 256 Å². The van der Waals surface area contributed by atoms with E-state index in [1.807, 2.05) is 0 Å². The van der Waals surface area contributed by atoms with Crippen molar-refractivity contribution in [1.29, 1.82) is 0 Å². The lowest BCUT2D eigenvalue weighted by atomic mass is 10.0. The average molecular weight is 899 g/mol. The largest absolute Gasteiger partial charge is 0.462 e. The van der Waals surface area contributed by atoms with E-state index in [9.17, 15) is 14.4 Å². The molecule has 0 saturated heterocycles. The Hall–Kier alpha value is -2.37. The van der Waals surface area contributed by atoms with Gasteiger partial charge in [-0.25, -0.2) is 0 Å². The van der Waals surface area contributed by atoms with Crippen molar-refractivity contribution in [3.8, 4) is 0 Å². The van der Waals surface area contributed by atoms with Gasteiger partial charge in [-0.3, -0.25) is 14.4 Å². The molecule has 6 nitrogen and oxygen atoms in total. The molecule has 0 aromatic carbocycles. The summed E-state index contributed by atoms with van der Waals surface area (Å²) in [6, 6.07) is 0. The molecule has 0 aromatic rings. The Morgan fingerprint density at radius 1 is 0.312 bits per heavy atom. The second-order valence-corrected chi connectivity index (χ2v) is 18.9. The smallest absolute Gasteiger partial charge is 0.306 e. The van der Waals surface area contributed by atoms with E-state index in [1.54, 1.807) is 0 Å². The standard InChI is InChI=1S/C58H106O6/c1-4-7-10-13-16-19-20-21-22-23-24-25-26-27-28-29-30-31-32-33-34-35-36-37-38-40-42-45-48-51-57(60)63-54-55(53-62-56(59)50-47-44-41-18-15-12-9-6-3)64-58(61)52-49-46-43-39-17-14-11-8-5-2/h20-21,23-24,26-27,55H,4-19,22,25,28-54H2,1-3H3/b21-20-,24-23-,27-26-. The highest BCUT2D eigenvalue weighted by Crippen LogP contribution is 2.16. The topological polar surface area (TPSA) is 78.9 Å². The molecule has 0 aromatic heterocycles. The van der Waals surface area contributed by atoms with Crippen molar-refractivity contribution in [2.75, 3.05) is 13.2 Å². The monoisotopic (exact) mass is 899 g/mol. The third kappa shape index (κ3) is 50.6. The molecule has 0 heterocycles. The molecule has 1 atom stereocenters. The van der Waals surface area contributed by atoms with E-state index < -0.39 is 6.10 Å². The maximum Gasteiger partial charge on any atom is 0.306 e. The highest BCUT2D eigenvalue weighted by molar-refractivity contribution is 5.71. The van der Waals surface area contributed by atoms with Crippen LogP contribution in [0.4, 0.5) is 0 Å². The third-order valence-electron chi connectivity index (χ3n) is 12.4. The first-order valence-electron chi connectivity index (χ1n) is 28.0. The van der Waals surface area contributed by atoms with E-state index in [1.165, 1.54) is 186 Å². The summed E-state index contributed by atoms with van der Waals surface area (Å²) >= 11 is 0. The fourth-order valence-electron chi connectivity index (χ4n) is 8.16. The Kier molecular flexibility index (Phi) is 51.3. The highest BCUT2D eigenvalue weighted by Gasteiger charge is 2.19. The van der Waals surface area contributed by atoms with Crippen LogP contribution in [0.15, 0.2) is 36.5 Å². The van der Waals surface area contributed by atoms with Crippen LogP contribution in [0.1, 0.15) is 297 Å². The number of hydrogen-bond donors (Lipinski definition) is 0. The minimum Gasteiger partial charge on any atom is -0.462 e. The Balaban J connectivity index is 3.99. The molecule has 64 heavy (non-hydrogen) atoms. The number of unbranched alkanes of at least 4 members (excludes halogenated alkanes) is 34. The Morgan fingerprint density at radius 2 is 0.562 bits per heavy atom. The Morgan fingerprint density at radius 3 is 0.875 bits per heavy atom. The van der Waals surface area contributed by atoms with Gasteiger partial charge in [-0.2, -0.15) is 0 Å². The molecule has 0 saturated carbocycles. The summed E-state index contributed by atoms with van der Waals surface area (Å²) in [5.74, 6) is -0.865. The van der Waals surface area contributed by atoms with Crippen molar-refractivity contribution in [3.63, 3.8) is 0 Å². The first kappa shape index (κ1) is 61.6. The van der Waals surface area contributed by atoms with Crippen LogP contribution in [0, 0.1) is 0 Å². The summed E-state index contributed by atoms with van der Waals surface area (Å²) in [7, 11) is 0. The van der Waals surface area contributed by atoms with Gasteiger partial charge >= 0.3 is 17.9 Å². The number of esters is 3. The van der Waals surface area contributed by atoms with Crippen molar-refractivity contribution in [2.24, 2.45) is 0 Å². The second kappa shape index (κ2) is 53.2. The van der Waals surface area contributed by atoms with Crippen LogP contribution in [0.25, 0.3) is 0 Å². The first-order chi connectivity index (χ1) is 31.5. The molecule has 0 rings (SSSR count). The predicted octanol–water partition coefficient (Wildman–Crippen LogP) is 18.5. The SMILES string of the molecule is CCCCCCC/C=C\C/C=C\C/C=C\CCCCCCCCCCCCCCCCC(=O)OCC(COC(=O)CCCCCCCCCC)OC(=O)CCCCCCCCCCC. The lowest BCUT2D eigenvalue weighted by Gasteiger charge is -2.18. The van der Waals surface area contributed by atoms with Gasteiger partial charge in [0.2, 0.25) is 0 Å². The molecule has 0 aliphatic heterocycles. The normalized spacial score (nSPS) is 12.2. The predicted molar refractivity (Wildman–Crippen MR) is 275 cm³/mol. The molecule has 0 spiro atoms. The maximum atomic E-state index is 12.7. The van der Waals surface area contributed by atoms with Gasteiger partial charge in [0.1, 0.15) is 13.2 Å². The minimum absolute atomic E-state index is 0.0680. The van der Waals surface area contributed by atoms with Crippen LogP contribution >= 0.6 is 0 Å². The molecule has 0 aliphatic rings. The Labute approximate surface area is 397 Å². The molecule has 0 bridgehead atoms.